The Bertz CT molecular complexity index is 891. The second kappa shape index (κ2) is 5.37. The Morgan fingerprint density at radius 1 is 0.682 bits per heavy atom. The van der Waals surface area contributed by atoms with Gasteiger partial charge in [0.2, 0.25) is 0 Å². The van der Waals surface area contributed by atoms with Crippen molar-refractivity contribution in [1.82, 2.24) is 19.1 Å². The van der Waals surface area contributed by atoms with Crippen LogP contribution in [0, 0.1) is 0 Å². The molecule has 2 aromatic carbocycles. The number of aromatic nitrogens is 4. The molecule has 6 heteroatoms. The third-order valence-corrected chi connectivity index (χ3v) is 4.50. The summed E-state index contributed by atoms with van der Waals surface area (Å²) in [6.07, 6.45) is 0. The minimum absolute atomic E-state index is 0.728. The van der Waals surface area contributed by atoms with E-state index < -0.39 is 0 Å². The predicted molar refractivity (Wildman–Crippen MR) is 94.0 cm³/mol. The summed E-state index contributed by atoms with van der Waals surface area (Å²) >= 11 is 8.99. The summed E-state index contributed by atoms with van der Waals surface area (Å²) in [5.74, 6) is 0. The van der Waals surface area contributed by atoms with Crippen LogP contribution in [0.1, 0.15) is 0 Å². The summed E-state index contributed by atoms with van der Waals surface area (Å²) in [6.45, 7) is 1.54. The van der Waals surface area contributed by atoms with Gasteiger partial charge in [0, 0.05) is 13.1 Å². The quantitative estimate of drug-likeness (QED) is 0.564. The molecule has 2 aromatic heterocycles. The van der Waals surface area contributed by atoms with Gasteiger partial charge < -0.3 is 9.13 Å². The van der Waals surface area contributed by atoms with Crippen LogP contribution in [-0.4, -0.2) is 19.1 Å². The number of aryl methyl sites for hydroxylation is 2. The van der Waals surface area contributed by atoms with Gasteiger partial charge in [-0.2, -0.15) is 0 Å². The predicted octanol–water partition coefficient (Wildman–Crippen LogP) is 3.66. The van der Waals surface area contributed by atoms with Crippen LogP contribution in [-0.2, 0) is 13.1 Å². The van der Waals surface area contributed by atoms with Crippen molar-refractivity contribution in [3.05, 3.63) is 48.5 Å². The van der Waals surface area contributed by atoms with E-state index in [1.807, 2.05) is 36.4 Å². The first-order valence-corrected chi connectivity index (χ1v) is 7.92. The van der Waals surface area contributed by atoms with E-state index in [0.717, 1.165) is 45.5 Å². The summed E-state index contributed by atoms with van der Waals surface area (Å²) in [6, 6.07) is 16.1. The number of para-hydroxylation sites is 4. The number of benzene rings is 2. The van der Waals surface area contributed by atoms with Crippen molar-refractivity contribution in [1.29, 1.82) is 0 Å². The molecule has 0 spiro atoms. The van der Waals surface area contributed by atoms with Crippen molar-refractivity contribution >= 4 is 47.3 Å². The normalized spacial score (nSPS) is 11.5. The van der Waals surface area contributed by atoms with Gasteiger partial charge >= 0.3 is 0 Å². The average molecular weight is 326 g/mol. The standard InChI is InChI=1S/C16H14N4S2/c21-15-17-11-5-1-3-7-13(11)19(15)9-10-20-14-8-4-2-6-12(14)18-16(20)22/h1-8H,9-10H2,(H,17,21)(H,18,22). The number of thiol groups is 2. The van der Waals surface area contributed by atoms with E-state index in [-0.39, 0.29) is 0 Å². The SMILES string of the molecule is Sc1nc2ccccc2n1CCn1c(S)nc2ccccc21. The zero-order valence-electron chi connectivity index (χ0n) is 11.7. The molecule has 22 heavy (non-hydrogen) atoms. The third-order valence-electron chi connectivity index (χ3n) is 3.82. The Morgan fingerprint density at radius 2 is 1.09 bits per heavy atom. The van der Waals surface area contributed by atoms with Crippen LogP contribution < -0.4 is 0 Å². The highest BCUT2D eigenvalue weighted by atomic mass is 32.1. The zero-order valence-corrected chi connectivity index (χ0v) is 13.5. The molecule has 0 saturated heterocycles. The van der Waals surface area contributed by atoms with Gasteiger partial charge in [0.25, 0.3) is 0 Å². The van der Waals surface area contributed by atoms with Gasteiger partial charge in [-0.1, -0.05) is 24.3 Å². The lowest BCUT2D eigenvalue weighted by Crippen LogP contribution is -2.08. The van der Waals surface area contributed by atoms with Gasteiger partial charge in [-0.05, 0) is 24.3 Å². The van der Waals surface area contributed by atoms with E-state index in [1.54, 1.807) is 0 Å². The Labute approximate surface area is 138 Å². The highest BCUT2D eigenvalue weighted by Crippen LogP contribution is 2.21. The number of imidazole rings is 2. The molecular formula is C16H14N4S2. The molecule has 0 atom stereocenters. The van der Waals surface area contributed by atoms with Crippen molar-refractivity contribution in [2.75, 3.05) is 0 Å². The van der Waals surface area contributed by atoms with Crippen LogP contribution >= 0.6 is 25.3 Å². The van der Waals surface area contributed by atoms with Crippen LogP contribution in [0.4, 0.5) is 0 Å². The van der Waals surface area contributed by atoms with Crippen molar-refractivity contribution in [2.45, 2.75) is 23.4 Å². The zero-order chi connectivity index (χ0) is 15.1. The molecule has 0 amide bonds. The minimum atomic E-state index is 0.728. The van der Waals surface area contributed by atoms with Gasteiger partial charge in [-0.25, -0.2) is 9.97 Å². The summed E-state index contributed by atoms with van der Waals surface area (Å²) < 4.78 is 4.22. The first-order valence-electron chi connectivity index (χ1n) is 7.02. The molecule has 0 fully saturated rings. The number of hydrogen-bond acceptors (Lipinski definition) is 4. The fraction of sp³-hybridized carbons (Fsp3) is 0.125. The maximum absolute atomic E-state index is 4.49. The Hall–Kier alpha value is -1.92. The summed E-state index contributed by atoms with van der Waals surface area (Å²) in [5, 5.41) is 1.46. The highest BCUT2D eigenvalue weighted by molar-refractivity contribution is 7.80. The lowest BCUT2D eigenvalue weighted by atomic mass is 10.3. The largest absolute Gasteiger partial charge is 0.317 e. The van der Waals surface area contributed by atoms with Gasteiger partial charge in [0.15, 0.2) is 10.3 Å². The van der Waals surface area contributed by atoms with Crippen LogP contribution in [0.5, 0.6) is 0 Å². The van der Waals surface area contributed by atoms with Gasteiger partial charge in [-0.3, -0.25) is 0 Å². The highest BCUT2D eigenvalue weighted by Gasteiger charge is 2.10. The number of hydrogen-bond donors (Lipinski definition) is 2. The average Bonchev–Trinajstić information content (AvgIpc) is 3.01. The molecule has 0 aliphatic carbocycles. The van der Waals surface area contributed by atoms with Gasteiger partial charge in [-0.15, -0.1) is 25.3 Å². The van der Waals surface area contributed by atoms with E-state index in [2.05, 4.69) is 56.5 Å². The molecule has 110 valence electrons. The minimum Gasteiger partial charge on any atom is -0.317 e. The molecule has 2 heterocycles. The lowest BCUT2D eigenvalue weighted by Gasteiger charge is -2.09. The van der Waals surface area contributed by atoms with Crippen LogP contribution in [0.3, 0.4) is 0 Å². The van der Waals surface area contributed by atoms with Crippen molar-refractivity contribution in [3.8, 4) is 0 Å². The molecular weight excluding hydrogens is 312 g/mol. The van der Waals surface area contributed by atoms with Crippen LogP contribution in [0.15, 0.2) is 58.8 Å². The summed E-state index contributed by atoms with van der Waals surface area (Å²) in [7, 11) is 0. The van der Waals surface area contributed by atoms with E-state index in [4.69, 9.17) is 0 Å². The molecule has 0 aliphatic heterocycles. The molecule has 0 radical (unpaired) electrons. The number of fused-ring (bicyclic) bond motifs is 2. The van der Waals surface area contributed by atoms with Gasteiger partial charge in [0.05, 0.1) is 22.1 Å². The molecule has 0 unspecified atom stereocenters. The molecule has 0 saturated carbocycles. The fourth-order valence-electron chi connectivity index (χ4n) is 2.77. The topological polar surface area (TPSA) is 35.6 Å². The second-order valence-electron chi connectivity index (χ2n) is 5.10. The van der Waals surface area contributed by atoms with E-state index in [0.29, 0.717) is 0 Å². The lowest BCUT2D eigenvalue weighted by molar-refractivity contribution is 0.541. The maximum Gasteiger partial charge on any atom is 0.165 e. The van der Waals surface area contributed by atoms with E-state index in [1.165, 1.54) is 0 Å². The van der Waals surface area contributed by atoms with E-state index >= 15 is 0 Å². The fourth-order valence-corrected chi connectivity index (χ4v) is 3.40. The monoisotopic (exact) mass is 326 g/mol. The summed E-state index contributed by atoms with van der Waals surface area (Å²) in [4.78, 5) is 8.96. The van der Waals surface area contributed by atoms with Gasteiger partial charge in [0.1, 0.15) is 0 Å². The molecule has 0 bridgehead atoms. The number of rotatable bonds is 3. The number of nitrogens with zero attached hydrogens (tertiary/aromatic N) is 4. The van der Waals surface area contributed by atoms with E-state index in [9.17, 15) is 0 Å². The first-order chi connectivity index (χ1) is 10.7. The Balaban J connectivity index is 1.72. The molecule has 0 N–H and O–H groups in total. The van der Waals surface area contributed by atoms with Crippen molar-refractivity contribution < 1.29 is 0 Å². The Kier molecular flexibility index (Phi) is 3.35. The third kappa shape index (κ3) is 2.19. The van der Waals surface area contributed by atoms with Crippen LogP contribution in [0.25, 0.3) is 22.1 Å². The first kappa shape index (κ1) is 13.7. The van der Waals surface area contributed by atoms with Crippen molar-refractivity contribution in [2.24, 2.45) is 0 Å². The van der Waals surface area contributed by atoms with Crippen LogP contribution in [0.2, 0.25) is 0 Å². The Morgan fingerprint density at radius 3 is 1.55 bits per heavy atom. The molecule has 4 nitrogen and oxygen atoms in total. The molecule has 4 rings (SSSR count). The summed E-state index contributed by atoms with van der Waals surface area (Å²) in [5.41, 5.74) is 4.12. The molecule has 0 aliphatic rings. The molecule has 4 aromatic rings. The smallest absolute Gasteiger partial charge is 0.165 e. The second-order valence-corrected chi connectivity index (χ2v) is 5.90. The maximum atomic E-state index is 4.49. The van der Waals surface area contributed by atoms with Crippen molar-refractivity contribution in [3.63, 3.8) is 0 Å².